The molecule has 0 amide bonds. The fourth-order valence-corrected chi connectivity index (χ4v) is 4.12. The van der Waals surface area contributed by atoms with Gasteiger partial charge in [-0.2, -0.15) is 0 Å². The van der Waals surface area contributed by atoms with Gasteiger partial charge in [-0.25, -0.2) is 13.2 Å². The first-order valence-corrected chi connectivity index (χ1v) is 10.2. The summed E-state index contributed by atoms with van der Waals surface area (Å²) in [5.74, 6) is -1.09. The number of anilines is 2. The largest absolute Gasteiger partial charge is 0.478 e. The Bertz CT molecular complexity index is 853. The van der Waals surface area contributed by atoms with Crippen molar-refractivity contribution in [3.8, 4) is 0 Å². The van der Waals surface area contributed by atoms with Crippen LogP contribution in [0, 0.1) is 0 Å². The van der Waals surface area contributed by atoms with Crippen LogP contribution in [0.2, 0.25) is 0 Å². The fraction of sp³-hybridized carbons (Fsp3) is 0.316. The summed E-state index contributed by atoms with van der Waals surface area (Å²) in [6.45, 7) is 2.06. The highest BCUT2D eigenvalue weighted by atomic mass is 32.2. The van der Waals surface area contributed by atoms with Crippen LogP contribution in [0.1, 0.15) is 36.0 Å². The number of aromatic carboxylic acids is 1. The summed E-state index contributed by atoms with van der Waals surface area (Å²) < 4.78 is 27.4. The number of benzene rings is 2. The summed E-state index contributed by atoms with van der Waals surface area (Å²) in [5.41, 5.74) is 1.62. The molecule has 6 nitrogen and oxygen atoms in total. The fourth-order valence-electron chi connectivity index (χ4n) is 3.06. The standard InChI is InChI=1S/C19H22N2O4S/c22-19(23)15-5-11-18(12-6-15)26(24,25)20-16-7-9-17(10-8-16)21-13-3-1-2-4-14-21/h5-12,20H,1-4,13-14H2,(H,22,23). The molecular weight excluding hydrogens is 352 g/mol. The van der Waals surface area contributed by atoms with E-state index < -0.39 is 16.0 Å². The molecule has 2 aromatic rings. The molecule has 138 valence electrons. The summed E-state index contributed by atoms with van der Waals surface area (Å²) in [6, 6.07) is 12.5. The van der Waals surface area contributed by atoms with E-state index in [9.17, 15) is 13.2 Å². The van der Waals surface area contributed by atoms with Crippen LogP contribution in [0.4, 0.5) is 11.4 Å². The Balaban J connectivity index is 1.72. The molecule has 0 saturated carbocycles. The van der Waals surface area contributed by atoms with Crippen LogP contribution in [0.15, 0.2) is 53.4 Å². The lowest BCUT2D eigenvalue weighted by molar-refractivity contribution is 0.0696. The first-order chi connectivity index (χ1) is 12.5. The van der Waals surface area contributed by atoms with Crippen molar-refractivity contribution in [2.45, 2.75) is 30.6 Å². The number of sulfonamides is 1. The smallest absolute Gasteiger partial charge is 0.335 e. The molecule has 0 unspecified atom stereocenters. The number of carbonyl (C=O) groups is 1. The van der Waals surface area contributed by atoms with Gasteiger partial charge in [0.15, 0.2) is 0 Å². The molecule has 1 fully saturated rings. The lowest BCUT2D eigenvalue weighted by Crippen LogP contribution is -2.23. The third kappa shape index (κ3) is 4.35. The van der Waals surface area contributed by atoms with Crippen LogP contribution in [0.25, 0.3) is 0 Å². The highest BCUT2D eigenvalue weighted by molar-refractivity contribution is 7.92. The molecule has 1 aliphatic heterocycles. The van der Waals surface area contributed by atoms with Gasteiger partial charge in [0.05, 0.1) is 10.5 Å². The molecule has 0 aliphatic carbocycles. The summed E-state index contributed by atoms with van der Waals surface area (Å²) >= 11 is 0. The van der Waals surface area contributed by atoms with Crippen molar-refractivity contribution in [3.05, 3.63) is 54.1 Å². The Kier molecular flexibility index (Phi) is 5.46. The third-order valence-corrected chi connectivity index (χ3v) is 5.90. The van der Waals surface area contributed by atoms with Gasteiger partial charge in [-0.3, -0.25) is 4.72 Å². The lowest BCUT2D eigenvalue weighted by Gasteiger charge is -2.22. The molecule has 0 aromatic heterocycles. The van der Waals surface area contributed by atoms with Crippen molar-refractivity contribution >= 4 is 27.4 Å². The van der Waals surface area contributed by atoms with Gasteiger partial charge in [0.25, 0.3) is 10.0 Å². The van der Waals surface area contributed by atoms with E-state index in [1.807, 2.05) is 12.1 Å². The summed E-state index contributed by atoms with van der Waals surface area (Å²) in [7, 11) is -3.76. The predicted molar refractivity (Wildman–Crippen MR) is 101 cm³/mol. The topological polar surface area (TPSA) is 86.7 Å². The highest BCUT2D eigenvalue weighted by Gasteiger charge is 2.16. The number of nitrogens with zero attached hydrogens (tertiary/aromatic N) is 1. The Labute approximate surface area is 153 Å². The van der Waals surface area contributed by atoms with Crippen LogP contribution >= 0.6 is 0 Å². The van der Waals surface area contributed by atoms with Crippen LogP contribution in [-0.2, 0) is 10.0 Å². The van der Waals surface area contributed by atoms with E-state index in [1.165, 1.54) is 49.9 Å². The Morgan fingerprint density at radius 3 is 2.00 bits per heavy atom. The van der Waals surface area contributed by atoms with Crippen molar-refractivity contribution in [1.29, 1.82) is 0 Å². The molecular formula is C19H22N2O4S. The van der Waals surface area contributed by atoms with Crippen molar-refractivity contribution in [2.24, 2.45) is 0 Å². The van der Waals surface area contributed by atoms with E-state index in [1.54, 1.807) is 12.1 Å². The Morgan fingerprint density at radius 1 is 0.885 bits per heavy atom. The van der Waals surface area contributed by atoms with Crippen LogP contribution in [-0.4, -0.2) is 32.6 Å². The first kappa shape index (κ1) is 18.3. The molecule has 0 spiro atoms. The second kappa shape index (κ2) is 7.78. The third-order valence-electron chi connectivity index (χ3n) is 4.50. The molecule has 3 rings (SSSR count). The van der Waals surface area contributed by atoms with Gasteiger partial charge in [-0.05, 0) is 61.4 Å². The van der Waals surface area contributed by atoms with Crippen molar-refractivity contribution in [2.75, 3.05) is 22.7 Å². The molecule has 1 aliphatic rings. The van der Waals surface area contributed by atoms with E-state index in [-0.39, 0.29) is 10.5 Å². The van der Waals surface area contributed by atoms with Gasteiger partial charge in [0.2, 0.25) is 0 Å². The maximum absolute atomic E-state index is 12.4. The maximum Gasteiger partial charge on any atom is 0.335 e. The van der Waals surface area contributed by atoms with Crippen molar-refractivity contribution in [3.63, 3.8) is 0 Å². The Hall–Kier alpha value is -2.54. The maximum atomic E-state index is 12.4. The van der Waals surface area contributed by atoms with Gasteiger partial charge < -0.3 is 10.0 Å². The molecule has 1 saturated heterocycles. The molecule has 26 heavy (non-hydrogen) atoms. The normalized spacial score (nSPS) is 15.3. The van der Waals surface area contributed by atoms with E-state index >= 15 is 0 Å². The number of rotatable bonds is 5. The van der Waals surface area contributed by atoms with E-state index in [0.29, 0.717) is 5.69 Å². The van der Waals surface area contributed by atoms with Crippen molar-refractivity contribution in [1.82, 2.24) is 0 Å². The second-order valence-corrected chi connectivity index (χ2v) is 8.07. The number of carboxylic acid groups (broad SMARTS) is 1. The quantitative estimate of drug-likeness (QED) is 0.835. The van der Waals surface area contributed by atoms with E-state index in [0.717, 1.165) is 18.8 Å². The van der Waals surface area contributed by atoms with Gasteiger partial charge in [-0.1, -0.05) is 12.8 Å². The monoisotopic (exact) mass is 374 g/mol. The molecule has 2 N–H and O–H groups in total. The Morgan fingerprint density at radius 2 is 1.46 bits per heavy atom. The zero-order valence-electron chi connectivity index (χ0n) is 14.4. The minimum Gasteiger partial charge on any atom is -0.478 e. The SMILES string of the molecule is O=C(O)c1ccc(S(=O)(=O)Nc2ccc(N3CCCCCC3)cc2)cc1. The number of nitrogens with one attached hydrogen (secondary N) is 1. The lowest BCUT2D eigenvalue weighted by atomic mass is 10.2. The molecule has 7 heteroatoms. The zero-order chi connectivity index (χ0) is 18.6. The summed E-state index contributed by atoms with van der Waals surface area (Å²) in [4.78, 5) is 13.2. The van der Waals surface area contributed by atoms with Crippen molar-refractivity contribution < 1.29 is 18.3 Å². The predicted octanol–water partition coefficient (Wildman–Crippen LogP) is 3.57. The van der Waals surface area contributed by atoms with Gasteiger partial charge in [0.1, 0.15) is 0 Å². The van der Waals surface area contributed by atoms with Crippen LogP contribution < -0.4 is 9.62 Å². The zero-order valence-corrected chi connectivity index (χ0v) is 15.2. The number of carboxylic acids is 1. The molecule has 0 bridgehead atoms. The minimum atomic E-state index is -3.76. The molecule has 1 heterocycles. The molecule has 2 aromatic carbocycles. The van der Waals surface area contributed by atoms with E-state index in [2.05, 4.69) is 9.62 Å². The number of hydrogen-bond acceptors (Lipinski definition) is 4. The molecule has 0 radical (unpaired) electrons. The average Bonchev–Trinajstić information content (AvgIpc) is 2.91. The van der Waals surface area contributed by atoms with Crippen LogP contribution in [0.5, 0.6) is 0 Å². The second-order valence-electron chi connectivity index (χ2n) is 6.38. The van der Waals surface area contributed by atoms with Gasteiger partial charge in [0, 0.05) is 24.5 Å². The van der Waals surface area contributed by atoms with E-state index in [4.69, 9.17) is 5.11 Å². The molecule has 0 atom stereocenters. The van der Waals surface area contributed by atoms with Crippen LogP contribution in [0.3, 0.4) is 0 Å². The number of hydrogen-bond donors (Lipinski definition) is 2. The van der Waals surface area contributed by atoms with Gasteiger partial charge >= 0.3 is 5.97 Å². The summed E-state index contributed by atoms with van der Waals surface area (Å²) in [6.07, 6.45) is 4.88. The first-order valence-electron chi connectivity index (χ1n) is 8.67. The minimum absolute atomic E-state index is 0.0269. The highest BCUT2D eigenvalue weighted by Crippen LogP contribution is 2.23. The van der Waals surface area contributed by atoms with Gasteiger partial charge in [-0.15, -0.1) is 0 Å². The summed E-state index contributed by atoms with van der Waals surface area (Å²) in [5, 5.41) is 8.90. The average molecular weight is 374 g/mol.